The summed E-state index contributed by atoms with van der Waals surface area (Å²) in [6, 6.07) is 12.4. The van der Waals surface area contributed by atoms with E-state index in [1.165, 1.54) is 6.92 Å². The molecule has 0 bridgehead atoms. The Balaban J connectivity index is 1.81. The Bertz CT molecular complexity index is 898. The van der Waals surface area contributed by atoms with Crippen LogP contribution in [0.25, 0.3) is 11.0 Å². The van der Waals surface area contributed by atoms with Gasteiger partial charge in [0, 0.05) is 30.9 Å². The van der Waals surface area contributed by atoms with Crippen LogP contribution in [0.3, 0.4) is 0 Å². The standard InChI is InChI=1S/C17H16N4O2/c1-11(22)19-13-4-3-5-14(9-13)20-17(23)12-6-7-16-15(8-12)18-10-21(16)2/h3-10H,1-2H3,(H,19,22)(H,20,23). The SMILES string of the molecule is CC(=O)Nc1cccc(NC(=O)c2ccc3c(c2)ncn3C)c1. The molecule has 0 atom stereocenters. The first kappa shape index (κ1) is 14.8. The predicted molar refractivity (Wildman–Crippen MR) is 89.4 cm³/mol. The highest BCUT2D eigenvalue weighted by molar-refractivity contribution is 6.06. The lowest BCUT2D eigenvalue weighted by Crippen LogP contribution is -2.12. The number of aryl methyl sites for hydroxylation is 1. The number of carbonyl (C=O) groups is 2. The molecule has 0 fully saturated rings. The normalized spacial score (nSPS) is 10.5. The topological polar surface area (TPSA) is 76.0 Å². The summed E-state index contributed by atoms with van der Waals surface area (Å²) < 4.78 is 1.90. The van der Waals surface area contributed by atoms with Gasteiger partial charge in [-0.15, -0.1) is 0 Å². The van der Waals surface area contributed by atoms with Crippen molar-refractivity contribution in [2.24, 2.45) is 7.05 Å². The molecule has 0 saturated carbocycles. The van der Waals surface area contributed by atoms with E-state index in [9.17, 15) is 9.59 Å². The van der Waals surface area contributed by atoms with Crippen molar-refractivity contribution in [2.75, 3.05) is 10.6 Å². The molecule has 0 aliphatic heterocycles. The number of nitrogens with one attached hydrogen (secondary N) is 2. The summed E-state index contributed by atoms with van der Waals surface area (Å²) in [5, 5.41) is 5.50. The summed E-state index contributed by atoms with van der Waals surface area (Å²) in [7, 11) is 1.91. The second kappa shape index (κ2) is 5.92. The number of anilines is 2. The molecule has 6 nitrogen and oxygen atoms in total. The smallest absolute Gasteiger partial charge is 0.255 e. The maximum Gasteiger partial charge on any atom is 0.255 e. The molecule has 1 heterocycles. The largest absolute Gasteiger partial charge is 0.334 e. The molecule has 1 aromatic heterocycles. The molecule has 2 N–H and O–H groups in total. The van der Waals surface area contributed by atoms with Crippen LogP contribution in [0.2, 0.25) is 0 Å². The second-order valence-corrected chi connectivity index (χ2v) is 5.28. The molecular weight excluding hydrogens is 292 g/mol. The molecule has 6 heteroatoms. The van der Waals surface area contributed by atoms with E-state index >= 15 is 0 Å². The number of nitrogens with zero attached hydrogens (tertiary/aromatic N) is 2. The monoisotopic (exact) mass is 308 g/mol. The molecule has 116 valence electrons. The lowest BCUT2D eigenvalue weighted by atomic mass is 10.1. The van der Waals surface area contributed by atoms with E-state index in [2.05, 4.69) is 15.6 Å². The van der Waals surface area contributed by atoms with Crippen molar-refractivity contribution in [3.05, 3.63) is 54.4 Å². The van der Waals surface area contributed by atoms with Gasteiger partial charge in [-0.05, 0) is 36.4 Å². The fraction of sp³-hybridized carbons (Fsp3) is 0.118. The molecule has 0 radical (unpaired) electrons. The van der Waals surface area contributed by atoms with Gasteiger partial charge in [-0.2, -0.15) is 0 Å². The number of imidazole rings is 1. The molecule has 23 heavy (non-hydrogen) atoms. The Labute approximate surface area is 133 Å². The second-order valence-electron chi connectivity index (χ2n) is 5.28. The van der Waals surface area contributed by atoms with E-state index in [-0.39, 0.29) is 11.8 Å². The maximum absolute atomic E-state index is 12.4. The van der Waals surface area contributed by atoms with E-state index in [1.807, 2.05) is 17.7 Å². The minimum atomic E-state index is -0.225. The minimum Gasteiger partial charge on any atom is -0.334 e. The van der Waals surface area contributed by atoms with E-state index in [1.54, 1.807) is 42.7 Å². The first-order chi connectivity index (χ1) is 11.0. The van der Waals surface area contributed by atoms with Gasteiger partial charge in [0.25, 0.3) is 5.91 Å². The average Bonchev–Trinajstić information content (AvgIpc) is 2.88. The van der Waals surface area contributed by atoms with E-state index in [0.29, 0.717) is 16.9 Å². The van der Waals surface area contributed by atoms with Crippen LogP contribution in [-0.2, 0) is 11.8 Å². The molecule has 0 unspecified atom stereocenters. The third-order valence-electron chi connectivity index (χ3n) is 3.43. The van der Waals surface area contributed by atoms with Crippen LogP contribution in [-0.4, -0.2) is 21.4 Å². The van der Waals surface area contributed by atoms with Crippen molar-refractivity contribution >= 4 is 34.2 Å². The fourth-order valence-corrected chi connectivity index (χ4v) is 2.36. The number of amides is 2. The third-order valence-corrected chi connectivity index (χ3v) is 3.43. The summed E-state index contributed by atoms with van der Waals surface area (Å²) >= 11 is 0. The average molecular weight is 308 g/mol. The van der Waals surface area contributed by atoms with Crippen molar-refractivity contribution in [1.29, 1.82) is 0 Å². The van der Waals surface area contributed by atoms with Gasteiger partial charge >= 0.3 is 0 Å². The first-order valence-electron chi connectivity index (χ1n) is 7.13. The van der Waals surface area contributed by atoms with E-state index in [0.717, 1.165) is 11.0 Å². The highest BCUT2D eigenvalue weighted by Crippen LogP contribution is 2.18. The lowest BCUT2D eigenvalue weighted by Gasteiger charge is -2.08. The molecule has 2 aromatic carbocycles. The summed E-state index contributed by atoms with van der Waals surface area (Å²) in [6.07, 6.45) is 1.71. The van der Waals surface area contributed by atoms with Gasteiger partial charge in [-0.25, -0.2) is 4.98 Å². The van der Waals surface area contributed by atoms with Gasteiger partial charge in [0.2, 0.25) is 5.91 Å². The van der Waals surface area contributed by atoms with Gasteiger partial charge in [0.05, 0.1) is 17.4 Å². The van der Waals surface area contributed by atoms with Gasteiger partial charge in [0.1, 0.15) is 0 Å². The van der Waals surface area contributed by atoms with Crippen molar-refractivity contribution in [1.82, 2.24) is 9.55 Å². The Morgan fingerprint density at radius 3 is 2.52 bits per heavy atom. The molecule has 2 amide bonds. The van der Waals surface area contributed by atoms with Crippen LogP contribution >= 0.6 is 0 Å². The van der Waals surface area contributed by atoms with Gasteiger partial charge in [0.15, 0.2) is 0 Å². The summed E-state index contributed by atoms with van der Waals surface area (Å²) in [6.45, 7) is 1.44. The molecule has 0 aliphatic rings. The zero-order chi connectivity index (χ0) is 16.4. The number of hydrogen-bond acceptors (Lipinski definition) is 3. The number of fused-ring (bicyclic) bond motifs is 1. The lowest BCUT2D eigenvalue weighted by molar-refractivity contribution is -0.114. The van der Waals surface area contributed by atoms with Gasteiger partial charge in [-0.3, -0.25) is 9.59 Å². The highest BCUT2D eigenvalue weighted by atomic mass is 16.2. The molecule has 0 aliphatic carbocycles. The van der Waals surface area contributed by atoms with E-state index < -0.39 is 0 Å². The number of benzene rings is 2. The molecule has 0 saturated heterocycles. The van der Waals surface area contributed by atoms with Crippen LogP contribution in [0.1, 0.15) is 17.3 Å². The fourth-order valence-electron chi connectivity index (χ4n) is 2.36. The number of hydrogen-bond donors (Lipinski definition) is 2. The molecule has 0 spiro atoms. The summed E-state index contributed by atoms with van der Waals surface area (Å²) in [5.74, 6) is -0.383. The highest BCUT2D eigenvalue weighted by Gasteiger charge is 2.09. The van der Waals surface area contributed by atoms with E-state index in [4.69, 9.17) is 0 Å². The quantitative estimate of drug-likeness (QED) is 0.781. The predicted octanol–water partition coefficient (Wildman–Crippen LogP) is 2.78. The summed E-state index contributed by atoms with van der Waals surface area (Å²) in [4.78, 5) is 27.7. The Hall–Kier alpha value is -3.15. The maximum atomic E-state index is 12.4. The van der Waals surface area contributed by atoms with Gasteiger partial charge in [-0.1, -0.05) is 6.07 Å². The number of carbonyl (C=O) groups excluding carboxylic acids is 2. The van der Waals surface area contributed by atoms with Crippen molar-refractivity contribution in [3.8, 4) is 0 Å². The summed E-state index contributed by atoms with van der Waals surface area (Å²) in [5.41, 5.74) is 3.51. The zero-order valence-corrected chi connectivity index (χ0v) is 12.8. The molecule has 3 aromatic rings. The van der Waals surface area contributed by atoms with Crippen molar-refractivity contribution in [2.45, 2.75) is 6.92 Å². The van der Waals surface area contributed by atoms with Gasteiger partial charge < -0.3 is 15.2 Å². The third kappa shape index (κ3) is 3.21. The van der Waals surface area contributed by atoms with Crippen molar-refractivity contribution in [3.63, 3.8) is 0 Å². The van der Waals surface area contributed by atoms with Crippen LogP contribution in [0.5, 0.6) is 0 Å². The van der Waals surface area contributed by atoms with Crippen LogP contribution in [0, 0.1) is 0 Å². The molecule has 3 rings (SSSR count). The number of rotatable bonds is 3. The zero-order valence-electron chi connectivity index (χ0n) is 12.8. The van der Waals surface area contributed by atoms with Crippen LogP contribution < -0.4 is 10.6 Å². The van der Waals surface area contributed by atoms with Crippen LogP contribution in [0.4, 0.5) is 11.4 Å². The Morgan fingerprint density at radius 1 is 1.04 bits per heavy atom. The number of aromatic nitrogens is 2. The van der Waals surface area contributed by atoms with Crippen molar-refractivity contribution < 1.29 is 9.59 Å². The Kier molecular flexibility index (Phi) is 3.80. The van der Waals surface area contributed by atoms with Crippen LogP contribution in [0.15, 0.2) is 48.8 Å². The minimum absolute atomic E-state index is 0.158. The molecular formula is C17H16N4O2. The Morgan fingerprint density at radius 2 is 1.78 bits per heavy atom. The first-order valence-corrected chi connectivity index (χ1v) is 7.13.